The molecule has 0 aromatic rings. The zero-order valence-electron chi connectivity index (χ0n) is 13.2. The van der Waals surface area contributed by atoms with E-state index >= 15 is 0 Å². The molecule has 0 amide bonds. The van der Waals surface area contributed by atoms with Crippen molar-refractivity contribution in [3.8, 4) is 0 Å². The molecule has 134 valence electrons. The van der Waals surface area contributed by atoms with Gasteiger partial charge in [-0.25, -0.2) is 0 Å². The molecule has 1 atom stereocenters. The maximum atomic E-state index is 13.6. The fraction of sp³-hybridized carbons (Fsp3) is 1.00. The van der Waals surface area contributed by atoms with E-state index in [2.05, 4.69) is 9.47 Å². The minimum absolute atomic E-state index is 0.233. The number of rotatable bonds is 7. The minimum atomic E-state index is -5.45. The molecule has 0 saturated carbocycles. The van der Waals surface area contributed by atoms with Crippen molar-refractivity contribution in [3.05, 3.63) is 0 Å². The van der Waals surface area contributed by atoms with Crippen LogP contribution in [0.3, 0.4) is 0 Å². The zero-order valence-corrected chi connectivity index (χ0v) is 13.2. The molecule has 0 aromatic carbocycles. The monoisotopic (exact) mass is 342 g/mol. The van der Waals surface area contributed by atoms with E-state index in [9.17, 15) is 30.7 Å². The molecule has 0 heterocycles. The Morgan fingerprint density at radius 1 is 0.773 bits per heavy atom. The summed E-state index contributed by atoms with van der Waals surface area (Å²) in [7, 11) is 0. The molecule has 0 fully saturated rings. The van der Waals surface area contributed by atoms with Crippen molar-refractivity contribution in [1.29, 1.82) is 0 Å². The maximum absolute atomic E-state index is 13.6. The standard InChI is InChI=1S/C13H21F7O2/c1-7-8(2)9(3,4)21-12(17,18)13(19,20)22-10(5,6)11(14,15)16/h8H,7H2,1-6H3. The number of hydrogen-bond acceptors (Lipinski definition) is 2. The molecule has 0 aliphatic rings. The SMILES string of the molecule is CCC(C)C(C)(C)OC(F)(F)C(F)(F)OC(C)(C)C(F)(F)F. The van der Waals surface area contributed by atoms with Crippen LogP contribution in [0.5, 0.6) is 0 Å². The van der Waals surface area contributed by atoms with Gasteiger partial charge in [0, 0.05) is 0 Å². The van der Waals surface area contributed by atoms with Crippen LogP contribution in [0, 0.1) is 5.92 Å². The minimum Gasteiger partial charge on any atom is -0.307 e. The first-order valence-electron chi connectivity index (χ1n) is 6.62. The second kappa shape index (κ2) is 6.14. The average Bonchev–Trinajstić information content (AvgIpc) is 2.22. The summed E-state index contributed by atoms with van der Waals surface area (Å²) in [6.45, 7) is 5.90. The van der Waals surface area contributed by atoms with E-state index in [0.717, 1.165) is 13.8 Å². The van der Waals surface area contributed by atoms with E-state index in [1.165, 1.54) is 6.92 Å². The van der Waals surface area contributed by atoms with Gasteiger partial charge in [0.1, 0.15) is 0 Å². The van der Waals surface area contributed by atoms with Gasteiger partial charge in [-0.1, -0.05) is 20.3 Å². The van der Waals surface area contributed by atoms with Gasteiger partial charge < -0.3 is 4.74 Å². The lowest BCUT2D eigenvalue weighted by atomic mass is 9.90. The van der Waals surface area contributed by atoms with Crippen molar-refractivity contribution in [3.63, 3.8) is 0 Å². The summed E-state index contributed by atoms with van der Waals surface area (Å²) in [5, 5.41) is 0. The second-order valence-electron chi connectivity index (χ2n) is 6.16. The normalized spacial score (nSPS) is 16.8. The van der Waals surface area contributed by atoms with E-state index < -0.39 is 35.5 Å². The van der Waals surface area contributed by atoms with Crippen LogP contribution in [0.2, 0.25) is 0 Å². The first-order valence-corrected chi connectivity index (χ1v) is 6.62. The van der Waals surface area contributed by atoms with E-state index in [1.54, 1.807) is 6.92 Å². The third-order valence-electron chi connectivity index (χ3n) is 3.60. The lowest BCUT2D eigenvalue weighted by Gasteiger charge is -2.39. The molecule has 9 heteroatoms. The molecular formula is C13H21F7O2. The van der Waals surface area contributed by atoms with E-state index in [0.29, 0.717) is 6.42 Å². The number of ether oxygens (including phenoxy) is 2. The van der Waals surface area contributed by atoms with Crippen molar-refractivity contribution in [2.24, 2.45) is 5.92 Å². The summed E-state index contributed by atoms with van der Waals surface area (Å²) in [6.07, 6.45) is -15.6. The van der Waals surface area contributed by atoms with Crippen LogP contribution in [-0.4, -0.2) is 29.6 Å². The number of hydrogen-bond donors (Lipinski definition) is 0. The van der Waals surface area contributed by atoms with E-state index in [4.69, 9.17) is 0 Å². The van der Waals surface area contributed by atoms with Crippen molar-refractivity contribution in [2.75, 3.05) is 0 Å². The molecule has 2 nitrogen and oxygen atoms in total. The van der Waals surface area contributed by atoms with Gasteiger partial charge in [-0.15, -0.1) is 0 Å². The molecule has 0 aliphatic carbocycles. The van der Waals surface area contributed by atoms with Crippen molar-refractivity contribution in [1.82, 2.24) is 0 Å². The summed E-state index contributed by atoms with van der Waals surface area (Å²) in [4.78, 5) is 0. The van der Waals surface area contributed by atoms with Crippen LogP contribution in [0.15, 0.2) is 0 Å². The molecular weight excluding hydrogens is 321 g/mol. The summed E-state index contributed by atoms with van der Waals surface area (Å²) < 4.78 is 99.4. The Kier molecular flexibility index (Phi) is 5.99. The second-order valence-corrected chi connectivity index (χ2v) is 6.16. The van der Waals surface area contributed by atoms with Crippen LogP contribution in [-0.2, 0) is 9.47 Å². The molecule has 0 spiro atoms. The first-order chi connectivity index (χ1) is 9.40. The molecule has 0 saturated heterocycles. The van der Waals surface area contributed by atoms with Gasteiger partial charge in [0.2, 0.25) is 0 Å². The summed E-state index contributed by atoms with van der Waals surface area (Å²) >= 11 is 0. The molecule has 0 rings (SSSR count). The van der Waals surface area contributed by atoms with Crippen LogP contribution in [0.1, 0.15) is 48.0 Å². The third-order valence-corrected chi connectivity index (χ3v) is 3.60. The highest BCUT2D eigenvalue weighted by Crippen LogP contribution is 2.46. The van der Waals surface area contributed by atoms with Crippen molar-refractivity contribution in [2.45, 2.75) is 77.6 Å². The zero-order chi connectivity index (χ0) is 18.2. The van der Waals surface area contributed by atoms with E-state index in [-0.39, 0.29) is 13.8 Å². The summed E-state index contributed by atoms with van der Waals surface area (Å²) in [5.41, 5.74) is -5.16. The van der Waals surface area contributed by atoms with Crippen molar-refractivity contribution >= 4 is 0 Å². The molecule has 0 bridgehead atoms. The molecule has 0 radical (unpaired) electrons. The van der Waals surface area contributed by atoms with Gasteiger partial charge in [0.05, 0.1) is 5.60 Å². The third kappa shape index (κ3) is 4.71. The molecule has 0 aromatic heterocycles. The Balaban J connectivity index is 5.34. The van der Waals surface area contributed by atoms with Crippen molar-refractivity contribution < 1.29 is 40.2 Å². The summed E-state index contributed by atoms with van der Waals surface area (Å²) in [6, 6.07) is 0. The Morgan fingerprint density at radius 2 is 1.14 bits per heavy atom. The lowest BCUT2D eigenvalue weighted by molar-refractivity contribution is -0.481. The Hall–Kier alpha value is -0.570. The Labute approximate surface area is 125 Å². The number of halogens is 7. The highest BCUT2D eigenvalue weighted by Gasteiger charge is 2.67. The van der Waals surface area contributed by atoms with Gasteiger partial charge in [-0.3, -0.25) is 4.74 Å². The van der Waals surface area contributed by atoms with Gasteiger partial charge in [-0.05, 0) is 33.6 Å². The highest BCUT2D eigenvalue weighted by molar-refractivity contribution is 4.85. The largest absolute Gasteiger partial charge is 0.449 e. The molecule has 0 N–H and O–H groups in total. The molecule has 22 heavy (non-hydrogen) atoms. The Morgan fingerprint density at radius 3 is 1.45 bits per heavy atom. The predicted molar refractivity (Wildman–Crippen MR) is 65.7 cm³/mol. The number of alkyl halides is 7. The lowest BCUT2D eigenvalue weighted by Crippen LogP contribution is -2.56. The molecule has 0 aliphatic heterocycles. The van der Waals surface area contributed by atoms with Gasteiger partial charge in [-0.2, -0.15) is 30.7 Å². The average molecular weight is 342 g/mol. The maximum Gasteiger partial charge on any atom is 0.449 e. The van der Waals surface area contributed by atoms with Gasteiger partial charge in [0.15, 0.2) is 5.60 Å². The Bertz CT molecular complexity index is 375. The van der Waals surface area contributed by atoms with Crippen LogP contribution < -0.4 is 0 Å². The quantitative estimate of drug-likeness (QED) is 0.579. The van der Waals surface area contributed by atoms with Crippen LogP contribution in [0.4, 0.5) is 30.7 Å². The molecule has 1 unspecified atom stereocenters. The van der Waals surface area contributed by atoms with Gasteiger partial charge >= 0.3 is 18.4 Å². The first kappa shape index (κ1) is 21.4. The van der Waals surface area contributed by atoms with Crippen LogP contribution >= 0.6 is 0 Å². The van der Waals surface area contributed by atoms with Crippen LogP contribution in [0.25, 0.3) is 0 Å². The topological polar surface area (TPSA) is 18.5 Å². The summed E-state index contributed by atoms with van der Waals surface area (Å²) in [5.74, 6) is -0.537. The van der Waals surface area contributed by atoms with Gasteiger partial charge in [0.25, 0.3) is 0 Å². The van der Waals surface area contributed by atoms with E-state index in [1.807, 2.05) is 0 Å². The fourth-order valence-electron chi connectivity index (χ4n) is 1.42. The fourth-order valence-corrected chi connectivity index (χ4v) is 1.42. The predicted octanol–water partition coefficient (Wildman–Crippen LogP) is 5.37. The highest BCUT2D eigenvalue weighted by atomic mass is 19.4. The smallest absolute Gasteiger partial charge is 0.307 e.